The Bertz CT molecular complexity index is 679. The van der Waals surface area contributed by atoms with Gasteiger partial charge in [0.1, 0.15) is 4.99 Å². The first-order chi connectivity index (χ1) is 10.1. The largest absolute Gasteiger partial charge is 0.389 e. The van der Waals surface area contributed by atoms with Crippen molar-refractivity contribution in [2.45, 2.75) is 32.2 Å². The fraction of sp³-hybridized carbons (Fsp3) is 0.278. The van der Waals surface area contributed by atoms with E-state index in [0.29, 0.717) is 11.0 Å². The van der Waals surface area contributed by atoms with Crippen molar-refractivity contribution in [2.75, 3.05) is 5.32 Å². The summed E-state index contributed by atoms with van der Waals surface area (Å²) in [5.41, 5.74) is 11.8. The summed E-state index contributed by atoms with van der Waals surface area (Å²) in [4.78, 5) is 0.460. The van der Waals surface area contributed by atoms with E-state index in [-0.39, 0.29) is 0 Å². The number of nitrogens with one attached hydrogen (secondary N) is 1. The van der Waals surface area contributed by atoms with Crippen LogP contribution in [-0.2, 0) is 6.42 Å². The molecule has 1 aliphatic carbocycles. The predicted molar refractivity (Wildman–Crippen MR) is 92.8 cm³/mol. The van der Waals surface area contributed by atoms with Gasteiger partial charge in [-0.2, -0.15) is 0 Å². The Balaban J connectivity index is 1.85. The topological polar surface area (TPSA) is 38.0 Å². The van der Waals surface area contributed by atoms with E-state index in [1.807, 2.05) is 6.07 Å². The van der Waals surface area contributed by atoms with Crippen LogP contribution in [0, 0.1) is 6.92 Å². The lowest BCUT2D eigenvalue weighted by Crippen LogP contribution is -2.17. The first-order valence-corrected chi connectivity index (χ1v) is 7.81. The van der Waals surface area contributed by atoms with Crippen LogP contribution in [0.5, 0.6) is 0 Å². The molecule has 21 heavy (non-hydrogen) atoms. The average Bonchev–Trinajstić information content (AvgIpc) is 2.47. The minimum Gasteiger partial charge on any atom is -0.389 e. The highest BCUT2D eigenvalue weighted by Crippen LogP contribution is 2.32. The van der Waals surface area contributed by atoms with Gasteiger partial charge in [0.05, 0.1) is 6.04 Å². The van der Waals surface area contributed by atoms with Crippen LogP contribution < -0.4 is 11.1 Å². The van der Waals surface area contributed by atoms with Gasteiger partial charge in [0.25, 0.3) is 0 Å². The Labute approximate surface area is 131 Å². The maximum Gasteiger partial charge on any atom is 0.104 e. The molecule has 0 aliphatic heterocycles. The molecular formula is C18H20N2S. The number of hydrogen-bond acceptors (Lipinski definition) is 2. The van der Waals surface area contributed by atoms with Gasteiger partial charge >= 0.3 is 0 Å². The molecule has 2 nitrogen and oxygen atoms in total. The minimum atomic E-state index is 0.394. The highest BCUT2D eigenvalue weighted by molar-refractivity contribution is 7.80. The van der Waals surface area contributed by atoms with Gasteiger partial charge in [-0.3, -0.25) is 0 Å². The first kappa shape index (κ1) is 14.1. The summed E-state index contributed by atoms with van der Waals surface area (Å²) in [6.45, 7) is 2.05. The fourth-order valence-corrected chi connectivity index (χ4v) is 3.36. The van der Waals surface area contributed by atoms with Crippen LogP contribution >= 0.6 is 12.2 Å². The summed E-state index contributed by atoms with van der Waals surface area (Å²) in [5, 5.41) is 3.66. The number of fused-ring (bicyclic) bond motifs is 1. The summed E-state index contributed by atoms with van der Waals surface area (Å²) < 4.78 is 0. The summed E-state index contributed by atoms with van der Waals surface area (Å²) in [6.07, 6.45) is 3.60. The van der Waals surface area contributed by atoms with Gasteiger partial charge in [0.2, 0.25) is 0 Å². The van der Waals surface area contributed by atoms with E-state index in [9.17, 15) is 0 Å². The molecule has 2 aromatic rings. The van der Waals surface area contributed by atoms with Crippen LogP contribution in [0.4, 0.5) is 5.69 Å². The van der Waals surface area contributed by atoms with Gasteiger partial charge in [-0.1, -0.05) is 36.5 Å². The quantitative estimate of drug-likeness (QED) is 0.837. The van der Waals surface area contributed by atoms with E-state index < -0.39 is 0 Å². The predicted octanol–water partition coefficient (Wildman–Crippen LogP) is 4.12. The molecule has 0 amide bonds. The monoisotopic (exact) mass is 296 g/mol. The number of anilines is 1. The first-order valence-electron chi connectivity index (χ1n) is 7.40. The Morgan fingerprint density at radius 2 is 2.05 bits per heavy atom. The van der Waals surface area contributed by atoms with Crippen molar-refractivity contribution in [3.63, 3.8) is 0 Å². The van der Waals surface area contributed by atoms with Crippen molar-refractivity contribution in [1.82, 2.24) is 0 Å². The normalized spacial score (nSPS) is 17.1. The molecule has 0 heterocycles. The molecule has 0 bridgehead atoms. The Hall–Kier alpha value is -1.87. The lowest BCUT2D eigenvalue weighted by molar-refractivity contribution is 0.600. The van der Waals surface area contributed by atoms with Crippen molar-refractivity contribution < 1.29 is 0 Å². The van der Waals surface area contributed by atoms with E-state index in [1.165, 1.54) is 30.4 Å². The number of hydrogen-bond donors (Lipinski definition) is 2. The van der Waals surface area contributed by atoms with Crippen molar-refractivity contribution in [3.05, 3.63) is 64.7 Å². The van der Waals surface area contributed by atoms with Gasteiger partial charge in [-0.25, -0.2) is 0 Å². The van der Waals surface area contributed by atoms with Gasteiger partial charge in [-0.15, -0.1) is 0 Å². The summed E-state index contributed by atoms with van der Waals surface area (Å²) >= 11 is 5.06. The third kappa shape index (κ3) is 2.93. The minimum absolute atomic E-state index is 0.394. The Morgan fingerprint density at radius 3 is 2.81 bits per heavy atom. The zero-order valence-corrected chi connectivity index (χ0v) is 13.0. The Kier molecular flexibility index (Phi) is 3.93. The molecule has 0 fully saturated rings. The van der Waals surface area contributed by atoms with Gasteiger partial charge in [-0.05, 0) is 61.1 Å². The summed E-state index contributed by atoms with van der Waals surface area (Å²) in [6, 6.07) is 15.3. The van der Waals surface area contributed by atoms with Crippen LogP contribution in [0.2, 0.25) is 0 Å². The molecule has 0 aromatic heterocycles. The second-order valence-electron chi connectivity index (χ2n) is 5.68. The van der Waals surface area contributed by atoms with E-state index in [1.54, 1.807) is 0 Å². The van der Waals surface area contributed by atoms with Gasteiger partial charge < -0.3 is 11.1 Å². The van der Waals surface area contributed by atoms with Gasteiger partial charge in [0, 0.05) is 11.3 Å². The van der Waals surface area contributed by atoms with Crippen LogP contribution in [0.15, 0.2) is 42.5 Å². The molecule has 3 heteroatoms. The maximum absolute atomic E-state index is 5.72. The molecule has 0 saturated carbocycles. The molecule has 0 radical (unpaired) electrons. The van der Waals surface area contributed by atoms with Crippen molar-refractivity contribution in [3.8, 4) is 0 Å². The van der Waals surface area contributed by atoms with Crippen molar-refractivity contribution in [2.24, 2.45) is 5.73 Å². The van der Waals surface area contributed by atoms with Crippen LogP contribution in [0.25, 0.3) is 0 Å². The molecule has 2 aromatic carbocycles. The van der Waals surface area contributed by atoms with Crippen LogP contribution in [0.1, 0.15) is 41.1 Å². The van der Waals surface area contributed by atoms with Crippen molar-refractivity contribution in [1.29, 1.82) is 0 Å². The summed E-state index contributed by atoms with van der Waals surface area (Å²) in [7, 11) is 0. The Morgan fingerprint density at radius 1 is 1.24 bits per heavy atom. The third-order valence-corrected chi connectivity index (χ3v) is 4.42. The summed E-state index contributed by atoms with van der Waals surface area (Å²) in [5.74, 6) is 0. The molecule has 1 unspecified atom stereocenters. The smallest absolute Gasteiger partial charge is 0.104 e. The molecule has 1 aliphatic rings. The van der Waals surface area contributed by atoms with Gasteiger partial charge in [0.15, 0.2) is 0 Å². The van der Waals surface area contributed by atoms with E-state index in [0.717, 1.165) is 16.8 Å². The maximum atomic E-state index is 5.72. The fourth-order valence-electron chi connectivity index (χ4n) is 3.13. The number of rotatable bonds is 3. The van der Waals surface area contributed by atoms with Crippen LogP contribution in [0.3, 0.4) is 0 Å². The molecule has 3 rings (SSSR count). The van der Waals surface area contributed by atoms with Crippen molar-refractivity contribution >= 4 is 22.9 Å². The lowest BCUT2D eigenvalue weighted by atomic mass is 9.87. The second kappa shape index (κ2) is 5.86. The third-order valence-electron chi connectivity index (χ3n) is 4.20. The highest BCUT2D eigenvalue weighted by atomic mass is 32.1. The number of thiocarbonyl (C=S) groups is 1. The zero-order chi connectivity index (χ0) is 14.8. The van der Waals surface area contributed by atoms with E-state index in [2.05, 4.69) is 48.6 Å². The molecule has 0 saturated heterocycles. The standard InChI is InChI=1S/C18H20N2S/c1-12-11-14(9-10-15(12)18(19)21)20-17-8-4-6-13-5-2-3-7-16(13)17/h2-3,5,7,9-11,17,20H,4,6,8H2,1H3,(H2,19,21). The molecule has 108 valence electrons. The zero-order valence-electron chi connectivity index (χ0n) is 12.2. The second-order valence-corrected chi connectivity index (χ2v) is 6.12. The highest BCUT2D eigenvalue weighted by Gasteiger charge is 2.19. The molecule has 0 spiro atoms. The van der Waals surface area contributed by atoms with Crippen LogP contribution in [-0.4, -0.2) is 4.99 Å². The molecule has 3 N–H and O–H groups in total. The average molecular weight is 296 g/mol. The molecular weight excluding hydrogens is 276 g/mol. The number of benzene rings is 2. The van der Waals surface area contributed by atoms with E-state index in [4.69, 9.17) is 18.0 Å². The van der Waals surface area contributed by atoms with E-state index >= 15 is 0 Å². The number of nitrogens with two attached hydrogens (primary N) is 1. The lowest BCUT2D eigenvalue weighted by Gasteiger charge is -2.27. The number of aryl methyl sites for hydroxylation is 2. The molecule has 1 atom stereocenters. The SMILES string of the molecule is Cc1cc(NC2CCCc3ccccc32)ccc1C(N)=S.